The van der Waals surface area contributed by atoms with Crippen LogP contribution in [-0.4, -0.2) is 20.2 Å². The summed E-state index contributed by atoms with van der Waals surface area (Å²) < 4.78 is 0. The van der Waals surface area contributed by atoms with Crippen LogP contribution in [0.3, 0.4) is 0 Å². The van der Waals surface area contributed by atoms with Crippen molar-refractivity contribution < 1.29 is 0 Å². The highest BCUT2D eigenvalue weighted by Gasteiger charge is 2.06. The van der Waals surface area contributed by atoms with E-state index in [1.807, 2.05) is 0 Å². The predicted molar refractivity (Wildman–Crippen MR) is 41.9 cm³/mol. The summed E-state index contributed by atoms with van der Waals surface area (Å²) in [6.07, 6.45) is 1.42. The largest absolute Gasteiger partial charge is 0.389 e. The van der Waals surface area contributed by atoms with Crippen molar-refractivity contribution in [3.05, 3.63) is 11.8 Å². The monoisotopic (exact) mass is 167 g/mol. The lowest BCUT2D eigenvalue weighted by Crippen LogP contribution is -1.87. The van der Waals surface area contributed by atoms with Crippen LogP contribution >= 0.6 is 11.3 Å². The summed E-state index contributed by atoms with van der Waals surface area (Å²) in [5, 5.41) is 7.03. The molecule has 0 aromatic carbocycles. The Balaban J connectivity index is 2.53. The van der Waals surface area contributed by atoms with Crippen LogP contribution in [0.5, 0.6) is 0 Å². The van der Waals surface area contributed by atoms with Gasteiger partial charge in [-0.25, -0.2) is 9.97 Å². The van der Waals surface area contributed by atoms with Crippen LogP contribution in [0.4, 0.5) is 5.00 Å². The van der Waals surface area contributed by atoms with Gasteiger partial charge in [0.25, 0.3) is 0 Å². The predicted octanol–water partition coefficient (Wildman–Crippen LogP) is 0.510. The molecule has 0 aliphatic heterocycles. The summed E-state index contributed by atoms with van der Waals surface area (Å²) in [5.41, 5.74) is 7.95. The molecule has 0 aliphatic rings. The van der Waals surface area contributed by atoms with Gasteiger partial charge in [0.1, 0.15) is 17.0 Å². The molecule has 0 atom stereocenters. The Morgan fingerprint density at radius 1 is 1.45 bits per heavy atom. The molecule has 0 unspecified atom stereocenters. The van der Waals surface area contributed by atoms with Crippen LogP contribution in [0.2, 0.25) is 0 Å². The third-order valence-electron chi connectivity index (χ3n) is 1.23. The summed E-state index contributed by atoms with van der Waals surface area (Å²) in [4.78, 5) is 7.94. The second-order valence-corrected chi connectivity index (χ2v) is 2.79. The Bertz CT molecular complexity index is 337. The molecule has 2 rings (SSSR count). The molecule has 3 N–H and O–H groups in total. The number of hydrogen-bond donors (Lipinski definition) is 2. The number of nitrogens with zero attached hydrogens (tertiary/aromatic N) is 3. The highest BCUT2D eigenvalue weighted by atomic mass is 32.1. The van der Waals surface area contributed by atoms with Crippen LogP contribution < -0.4 is 5.73 Å². The highest BCUT2D eigenvalue weighted by molar-refractivity contribution is 7.14. The molecule has 56 valence electrons. The van der Waals surface area contributed by atoms with Crippen molar-refractivity contribution >= 4 is 16.3 Å². The van der Waals surface area contributed by atoms with Gasteiger partial charge in [-0.1, -0.05) is 0 Å². The van der Waals surface area contributed by atoms with E-state index in [0.717, 1.165) is 0 Å². The number of nitrogens with two attached hydrogens (primary N) is 1. The summed E-state index contributed by atoms with van der Waals surface area (Å²) >= 11 is 1.38. The Hall–Kier alpha value is -1.43. The molecule has 5 nitrogen and oxygen atoms in total. The SMILES string of the molecule is Nc1scnc1-c1ncn[nH]1. The molecule has 0 aliphatic carbocycles. The van der Waals surface area contributed by atoms with E-state index < -0.39 is 0 Å². The topological polar surface area (TPSA) is 80.5 Å². The lowest BCUT2D eigenvalue weighted by atomic mass is 10.4. The average molecular weight is 167 g/mol. The molecular weight excluding hydrogens is 162 g/mol. The fourth-order valence-corrected chi connectivity index (χ4v) is 1.29. The first-order chi connectivity index (χ1) is 5.38. The maximum atomic E-state index is 5.60. The molecule has 2 aromatic heterocycles. The maximum Gasteiger partial charge on any atom is 0.177 e. The Morgan fingerprint density at radius 2 is 2.36 bits per heavy atom. The molecule has 6 heteroatoms. The minimum absolute atomic E-state index is 0.615. The van der Waals surface area contributed by atoms with Gasteiger partial charge >= 0.3 is 0 Å². The number of aromatic nitrogens is 4. The first-order valence-corrected chi connectivity index (χ1v) is 3.80. The standard InChI is InChI=1S/C5H5N5S/c6-4-3(8-2-11-4)5-7-1-9-10-5/h1-2H,6H2,(H,7,9,10). The normalized spacial score (nSPS) is 10.2. The van der Waals surface area contributed by atoms with Crippen molar-refractivity contribution in [3.63, 3.8) is 0 Å². The van der Waals surface area contributed by atoms with Crippen molar-refractivity contribution in [1.82, 2.24) is 20.2 Å². The van der Waals surface area contributed by atoms with Crippen molar-refractivity contribution in [3.8, 4) is 11.5 Å². The smallest absolute Gasteiger partial charge is 0.177 e. The second-order valence-electron chi connectivity index (χ2n) is 1.90. The third kappa shape index (κ3) is 0.966. The highest BCUT2D eigenvalue weighted by Crippen LogP contribution is 2.23. The maximum absolute atomic E-state index is 5.60. The van der Waals surface area contributed by atoms with Crippen LogP contribution in [0, 0.1) is 0 Å². The van der Waals surface area contributed by atoms with E-state index in [0.29, 0.717) is 16.5 Å². The van der Waals surface area contributed by atoms with E-state index in [9.17, 15) is 0 Å². The fraction of sp³-hybridized carbons (Fsp3) is 0. The number of rotatable bonds is 1. The second kappa shape index (κ2) is 2.31. The Morgan fingerprint density at radius 3 is 2.91 bits per heavy atom. The van der Waals surface area contributed by atoms with Crippen LogP contribution in [0.15, 0.2) is 11.8 Å². The van der Waals surface area contributed by atoms with Crippen LogP contribution in [0.25, 0.3) is 11.5 Å². The lowest BCUT2D eigenvalue weighted by Gasteiger charge is -1.88. The summed E-state index contributed by atoms with van der Waals surface area (Å²) in [7, 11) is 0. The van der Waals surface area contributed by atoms with E-state index in [1.54, 1.807) is 5.51 Å². The number of thiazole rings is 1. The number of nitrogens with one attached hydrogen (secondary N) is 1. The van der Waals surface area contributed by atoms with Gasteiger partial charge in [-0.2, -0.15) is 5.10 Å². The van der Waals surface area contributed by atoms with Crippen LogP contribution in [0.1, 0.15) is 0 Å². The molecule has 2 heterocycles. The third-order valence-corrected chi connectivity index (χ3v) is 1.89. The zero-order valence-electron chi connectivity index (χ0n) is 5.48. The van der Waals surface area contributed by atoms with Gasteiger partial charge in [0.2, 0.25) is 0 Å². The number of anilines is 1. The van der Waals surface area contributed by atoms with Crippen molar-refractivity contribution in [2.45, 2.75) is 0 Å². The number of H-pyrrole nitrogens is 1. The zero-order chi connectivity index (χ0) is 7.68. The first kappa shape index (κ1) is 6.29. The van der Waals surface area contributed by atoms with Crippen molar-refractivity contribution in [1.29, 1.82) is 0 Å². The van der Waals surface area contributed by atoms with Gasteiger partial charge < -0.3 is 5.73 Å². The zero-order valence-corrected chi connectivity index (χ0v) is 6.30. The Labute approximate surface area is 66.3 Å². The molecular formula is C5H5N5S. The summed E-state index contributed by atoms with van der Waals surface area (Å²) in [6, 6.07) is 0. The molecule has 0 fully saturated rings. The minimum Gasteiger partial charge on any atom is -0.389 e. The molecule has 0 amide bonds. The van der Waals surface area contributed by atoms with E-state index in [2.05, 4.69) is 20.2 Å². The van der Waals surface area contributed by atoms with Gasteiger partial charge in [-0.05, 0) is 0 Å². The average Bonchev–Trinajstić information content (AvgIpc) is 2.55. The van der Waals surface area contributed by atoms with Gasteiger partial charge in [-0.15, -0.1) is 11.3 Å². The van der Waals surface area contributed by atoms with E-state index >= 15 is 0 Å². The van der Waals surface area contributed by atoms with Crippen LogP contribution in [-0.2, 0) is 0 Å². The van der Waals surface area contributed by atoms with E-state index in [1.165, 1.54) is 17.7 Å². The van der Waals surface area contributed by atoms with E-state index in [4.69, 9.17) is 5.73 Å². The van der Waals surface area contributed by atoms with Crippen molar-refractivity contribution in [2.24, 2.45) is 0 Å². The van der Waals surface area contributed by atoms with Gasteiger partial charge in [0, 0.05) is 0 Å². The lowest BCUT2D eigenvalue weighted by molar-refractivity contribution is 1.09. The molecule has 0 saturated carbocycles. The molecule has 11 heavy (non-hydrogen) atoms. The number of nitrogen functional groups attached to an aromatic ring is 1. The fourth-order valence-electron chi connectivity index (χ4n) is 0.753. The van der Waals surface area contributed by atoms with Gasteiger partial charge in [-0.3, -0.25) is 5.10 Å². The number of hydrogen-bond acceptors (Lipinski definition) is 5. The number of aromatic amines is 1. The van der Waals surface area contributed by atoms with E-state index in [-0.39, 0.29) is 0 Å². The molecule has 0 bridgehead atoms. The first-order valence-electron chi connectivity index (χ1n) is 2.92. The van der Waals surface area contributed by atoms with Crippen molar-refractivity contribution in [2.75, 3.05) is 5.73 Å². The molecule has 0 spiro atoms. The van der Waals surface area contributed by atoms with Gasteiger partial charge in [0.05, 0.1) is 5.51 Å². The Kier molecular flexibility index (Phi) is 1.32. The minimum atomic E-state index is 0.615. The summed E-state index contributed by atoms with van der Waals surface area (Å²) in [5.74, 6) is 0.615. The summed E-state index contributed by atoms with van der Waals surface area (Å²) in [6.45, 7) is 0. The molecule has 0 saturated heterocycles. The van der Waals surface area contributed by atoms with Gasteiger partial charge in [0.15, 0.2) is 5.82 Å². The molecule has 0 radical (unpaired) electrons. The quantitative estimate of drug-likeness (QED) is 0.648. The molecule has 2 aromatic rings.